The maximum Gasteiger partial charge on any atom is 0.311 e. The molecule has 0 atom stereocenters. The summed E-state index contributed by atoms with van der Waals surface area (Å²) in [5, 5.41) is 18.4. The molecule has 3 rings (SSSR count). The molecule has 7 nitrogen and oxygen atoms in total. The molecule has 0 bridgehead atoms. The highest BCUT2D eigenvalue weighted by molar-refractivity contribution is 5.55. The van der Waals surface area contributed by atoms with Crippen molar-refractivity contribution in [3.05, 3.63) is 45.9 Å². The van der Waals surface area contributed by atoms with E-state index in [1.807, 2.05) is 17.9 Å². The van der Waals surface area contributed by atoms with Gasteiger partial charge in [0.05, 0.1) is 23.4 Å². The lowest BCUT2D eigenvalue weighted by atomic mass is 9.80. The summed E-state index contributed by atoms with van der Waals surface area (Å²) in [6, 6.07) is 3.01. The van der Waals surface area contributed by atoms with E-state index in [-0.39, 0.29) is 5.69 Å². The smallest absolute Gasteiger partial charge is 0.311 e. The third kappa shape index (κ3) is 2.58. The molecule has 1 aliphatic rings. The molecule has 0 spiro atoms. The van der Waals surface area contributed by atoms with Crippen molar-refractivity contribution in [1.29, 1.82) is 0 Å². The normalized spacial score (nSPS) is 14.7. The molecule has 110 valence electrons. The second-order valence-electron chi connectivity index (χ2n) is 5.28. The molecule has 21 heavy (non-hydrogen) atoms. The standard InChI is InChI=1S/C14H17N5O2/c1-18-13(11(8-17-18)10-4-2-5-10)9-16-14-12(19(20)21)6-3-7-15-14/h3,6-8,10H,2,4-5,9H2,1H3,(H,15,16). The van der Waals surface area contributed by atoms with E-state index in [2.05, 4.69) is 15.4 Å². The van der Waals surface area contributed by atoms with Gasteiger partial charge in [-0.05, 0) is 30.4 Å². The van der Waals surface area contributed by atoms with Crippen LogP contribution in [0.2, 0.25) is 0 Å². The quantitative estimate of drug-likeness (QED) is 0.674. The van der Waals surface area contributed by atoms with Crippen LogP contribution in [0.1, 0.15) is 36.4 Å². The summed E-state index contributed by atoms with van der Waals surface area (Å²) in [6.07, 6.45) is 7.11. The lowest BCUT2D eigenvalue weighted by molar-refractivity contribution is -0.384. The second kappa shape index (κ2) is 5.51. The van der Waals surface area contributed by atoms with Gasteiger partial charge >= 0.3 is 5.69 Å². The van der Waals surface area contributed by atoms with Crippen LogP contribution in [-0.2, 0) is 13.6 Å². The zero-order valence-electron chi connectivity index (χ0n) is 11.8. The van der Waals surface area contributed by atoms with Crippen LogP contribution in [0.25, 0.3) is 0 Å². The van der Waals surface area contributed by atoms with Crippen LogP contribution >= 0.6 is 0 Å². The first-order valence-electron chi connectivity index (χ1n) is 7.01. The number of rotatable bonds is 5. The van der Waals surface area contributed by atoms with Crippen molar-refractivity contribution in [3.8, 4) is 0 Å². The van der Waals surface area contributed by atoms with Crippen LogP contribution in [0.15, 0.2) is 24.5 Å². The minimum atomic E-state index is -0.425. The zero-order chi connectivity index (χ0) is 14.8. The van der Waals surface area contributed by atoms with Crippen LogP contribution in [0, 0.1) is 10.1 Å². The summed E-state index contributed by atoms with van der Waals surface area (Å²) in [4.78, 5) is 14.6. The first kappa shape index (κ1) is 13.5. The molecular formula is C14H17N5O2. The maximum atomic E-state index is 11.0. The van der Waals surface area contributed by atoms with Gasteiger partial charge in [0.1, 0.15) is 0 Å². The second-order valence-corrected chi connectivity index (χ2v) is 5.28. The number of nitrogens with one attached hydrogen (secondary N) is 1. The van der Waals surface area contributed by atoms with Crippen molar-refractivity contribution in [3.63, 3.8) is 0 Å². The molecule has 0 aliphatic heterocycles. The highest BCUT2D eigenvalue weighted by atomic mass is 16.6. The molecule has 2 aromatic rings. The SMILES string of the molecule is Cn1ncc(C2CCC2)c1CNc1ncccc1[N+](=O)[O-]. The van der Waals surface area contributed by atoms with Crippen molar-refractivity contribution >= 4 is 11.5 Å². The molecule has 1 N–H and O–H groups in total. The van der Waals surface area contributed by atoms with Crippen LogP contribution < -0.4 is 5.32 Å². The van der Waals surface area contributed by atoms with Crippen LogP contribution in [-0.4, -0.2) is 19.7 Å². The minimum absolute atomic E-state index is 0.00939. The largest absolute Gasteiger partial charge is 0.359 e. The zero-order valence-corrected chi connectivity index (χ0v) is 11.8. The molecule has 0 unspecified atom stereocenters. The third-order valence-corrected chi connectivity index (χ3v) is 4.05. The fourth-order valence-corrected chi connectivity index (χ4v) is 2.60. The van der Waals surface area contributed by atoms with E-state index in [9.17, 15) is 10.1 Å². The number of anilines is 1. The summed E-state index contributed by atoms with van der Waals surface area (Å²) in [6.45, 7) is 0.486. The van der Waals surface area contributed by atoms with Crippen LogP contribution in [0.4, 0.5) is 11.5 Å². The first-order valence-corrected chi connectivity index (χ1v) is 7.01. The van der Waals surface area contributed by atoms with Crippen molar-refractivity contribution in [2.45, 2.75) is 31.7 Å². The number of aromatic nitrogens is 3. The molecule has 0 amide bonds. The van der Waals surface area contributed by atoms with Crippen molar-refractivity contribution in [1.82, 2.24) is 14.8 Å². The molecule has 7 heteroatoms. The number of aryl methyl sites for hydroxylation is 1. The molecule has 1 fully saturated rings. The Morgan fingerprint density at radius 2 is 2.33 bits per heavy atom. The van der Waals surface area contributed by atoms with E-state index in [1.165, 1.54) is 30.9 Å². The van der Waals surface area contributed by atoms with E-state index in [0.29, 0.717) is 18.3 Å². The number of hydrogen-bond acceptors (Lipinski definition) is 5. The Morgan fingerprint density at radius 3 is 3.00 bits per heavy atom. The average molecular weight is 287 g/mol. The van der Waals surface area contributed by atoms with Crippen molar-refractivity contribution in [2.24, 2.45) is 7.05 Å². The topological polar surface area (TPSA) is 85.9 Å². The first-order chi connectivity index (χ1) is 10.2. The van der Waals surface area contributed by atoms with E-state index in [4.69, 9.17) is 0 Å². The molecular weight excluding hydrogens is 270 g/mol. The van der Waals surface area contributed by atoms with Gasteiger partial charge in [-0.2, -0.15) is 5.10 Å². The van der Waals surface area contributed by atoms with E-state index in [0.717, 1.165) is 5.69 Å². The summed E-state index contributed by atoms with van der Waals surface area (Å²) >= 11 is 0. The monoisotopic (exact) mass is 287 g/mol. The van der Waals surface area contributed by atoms with Gasteiger partial charge in [-0.3, -0.25) is 14.8 Å². The number of nitro groups is 1. The Balaban J connectivity index is 1.79. The van der Waals surface area contributed by atoms with Gasteiger partial charge in [0.2, 0.25) is 5.82 Å². The summed E-state index contributed by atoms with van der Waals surface area (Å²) in [5.74, 6) is 0.873. The molecule has 2 heterocycles. The van der Waals surface area contributed by atoms with Crippen LogP contribution in [0.5, 0.6) is 0 Å². The predicted octanol–water partition coefficient (Wildman–Crippen LogP) is 2.60. The van der Waals surface area contributed by atoms with E-state index >= 15 is 0 Å². The number of pyridine rings is 1. The third-order valence-electron chi connectivity index (χ3n) is 4.05. The van der Waals surface area contributed by atoms with E-state index < -0.39 is 4.92 Å². The minimum Gasteiger partial charge on any atom is -0.359 e. The molecule has 0 saturated heterocycles. The summed E-state index contributed by atoms with van der Waals surface area (Å²) < 4.78 is 1.83. The van der Waals surface area contributed by atoms with Crippen molar-refractivity contribution < 1.29 is 4.92 Å². The molecule has 2 aromatic heterocycles. The number of nitrogens with zero attached hydrogens (tertiary/aromatic N) is 4. The predicted molar refractivity (Wildman–Crippen MR) is 78.0 cm³/mol. The number of hydrogen-bond donors (Lipinski definition) is 1. The average Bonchev–Trinajstić information content (AvgIpc) is 2.76. The Morgan fingerprint density at radius 1 is 1.52 bits per heavy atom. The highest BCUT2D eigenvalue weighted by Gasteiger charge is 2.25. The highest BCUT2D eigenvalue weighted by Crippen LogP contribution is 2.38. The lowest BCUT2D eigenvalue weighted by Crippen LogP contribution is -2.14. The lowest BCUT2D eigenvalue weighted by Gasteiger charge is -2.25. The van der Waals surface area contributed by atoms with Gasteiger partial charge in [-0.25, -0.2) is 4.98 Å². The Bertz CT molecular complexity index is 663. The Kier molecular flexibility index (Phi) is 3.55. The molecule has 1 aliphatic carbocycles. The molecule has 1 saturated carbocycles. The summed E-state index contributed by atoms with van der Waals surface area (Å²) in [7, 11) is 1.89. The molecule has 0 radical (unpaired) electrons. The fourth-order valence-electron chi connectivity index (χ4n) is 2.60. The van der Waals surface area contributed by atoms with E-state index in [1.54, 1.807) is 12.3 Å². The van der Waals surface area contributed by atoms with Gasteiger partial charge in [0.25, 0.3) is 0 Å². The fraction of sp³-hybridized carbons (Fsp3) is 0.429. The maximum absolute atomic E-state index is 11.0. The summed E-state index contributed by atoms with van der Waals surface area (Å²) in [5.41, 5.74) is 2.30. The molecule has 0 aromatic carbocycles. The van der Waals surface area contributed by atoms with Crippen LogP contribution in [0.3, 0.4) is 0 Å². The van der Waals surface area contributed by atoms with Gasteiger partial charge in [0, 0.05) is 19.3 Å². The Hall–Kier alpha value is -2.44. The van der Waals surface area contributed by atoms with Gasteiger partial charge < -0.3 is 5.32 Å². The van der Waals surface area contributed by atoms with Gasteiger partial charge in [0.15, 0.2) is 0 Å². The Labute approximate surface area is 122 Å². The van der Waals surface area contributed by atoms with Gasteiger partial charge in [-0.15, -0.1) is 0 Å². The van der Waals surface area contributed by atoms with Crippen molar-refractivity contribution in [2.75, 3.05) is 5.32 Å². The van der Waals surface area contributed by atoms with Gasteiger partial charge in [-0.1, -0.05) is 6.42 Å².